The van der Waals surface area contributed by atoms with E-state index in [0.717, 1.165) is 24.7 Å². The van der Waals surface area contributed by atoms with E-state index < -0.39 is 0 Å². The highest BCUT2D eigenvalue weighted by Crippen LogP contribution is 2.29. The summed E-state index contributed by atoms with van der Waals surface area (Å²) >= 11 is 0. The molecule has 1 aromatic carbocycles. The maximum absolute atomic E-state index is 5.60. The molecule has 100 valence electrons. The zero-order chi connectivity index (χ0) is 13.0. The van der Waals surface area contributed by atoms with Crippen molar-refractivity contribution in [3.8, 4) is 5.75 Å². The van der Waals surface area contributed by atoms with Crippen LogP contribution < -0.4 is 10.1 Å². The van der Waals surface area contributed by atoms with Gasteiger partial charge in [0, 0.05) is 12.1 Å². The third-order valence-corrected chi connectivity index (χ3v) is 3.71. The molecular weight excluding hydrogens is 222 g/mol. The first-order chi connectivity index (χ1) is 8.69. The van der Waals surface area contributed by atoms with E-state index in [1.807, 2.05) is 0 Å². The Morgan fingerprint density at radius 2 is 1.94 bits per heavy atom. The number of hydrogen-bond donors (Lipinski definition) is 1. The van der Waals surface area contributed by atoms with Crippen LogP contribution in [0.2, 0.25) is 0 Å². The van der Waals surface area contributed by atoms with Crippen LogP contribution in [0.4, 0.5) is 0 Å². The first-order valence-electron chi connectivity index (χ1n) is 7.17. The van der Waals surface area contributed by atoms with Crippen LogP contribution in [-0.4, -0.2) is 12.6 Å². The number of ether oxygens (including phenoxy) is 1. The number of nitrogens with one attached hydrogen (secondary N) is 1. The van der Waals surface area contributed by atoms with Gasteiger partial charge in [0.2, 0.25) is 0 Å². The molecule has 0 bridgehead atoms. The van der Waals surface area contributed by atoms with Gasteiger partial charge in [-0.1, -0.05) is 26.0 Å². The van der Waals surface area contributed by atoms with Crippen molar-refractivity contribution in [1.82, 2.24) is 5.32 Å². The van der Waals surface area contributed by atoms with Gasteiger partial charge in [0.15, 0.2) is 0 Å². The molecule has 0 radical (unpaired) electrons. The van der Waals surface area contributed by atoms with Gasteiger partial charge in [0.25, 0.3) is 0 Å². The molecule has 1 fully saturated rings. The summed E-state index contributed by atoms with van der Waals surface area (Å²) in [5, 5.41) is 3.68. The van der Waals surface area contributed by atoms with Gasteiger partial charge in [-0.2, -0.15) is 0 Å². The maximum Gasteiger partial charge on any atom is 0.119 e. The van der Waals surface area contributed by atoms with Gasteiger partial charge < -0.3 is 10.1 Å². The Hall–Kier alpha value is -1.02. The Labute approximate surface area is 111 Å². The lowest BCUT2D eigenvalue weighted by atomic mass is 9.81. The van der Waals surface area contributed by atoms with Crippen molar-refractivity contribution < 1.29 is 4.74 Å². The fourth-order valence-corrected chi connectivity index (χ4v) is 2.56. The van der Waals surface area contributed by atoms with E-state index in [1.165, 1.54) is 18.4 Å². The van der Waals surface area contributed by atoms with Crippen LogP contribution in [0.3, 0.4) is 0 Å². The summed E-state index contributed by atoms with van der Waals surface area (Å²) in [5.74, 6) is 1.88. The minimum Gasteiger partial charge on any atom is -0.494 e. The van der Waals surface area contributed by atoms with Gasteiger partial charge in [-0.05, 0) is 49.8 Å². The Morgan fingerprint density at radius 3 is 2.50 bits per heavy atom. The summed E-state index contributed by atoms with van der Waals surface area (Å²) in [6.45, 7) is 7.49. The van der Waals surface area contributed by atoms with Crippen molar-refractivity contribution in [3.63, 3.8) is 0 Å². The first kappa shape index (κ1) is 13.4. The Kier molecular flexibility index (Phi) is 4.65. The SMILES string of the molecule is CCCOc1ccc(C(C)NC2CC(C)C2)cc1. The van der Waals surface area contributed by atoms with Gasteiger partial charge in [0.1, 0.15) is 5.75 Å². The van der Waals surface area contributed by atoms with Gasteiger partial charge in [0.05, 0.1) is 6.61 Å². The molecular formula is C16H25NO. The van der Waals surface area contributed by atoms with Crippen LogP contribution in [0, 0.1) is 5.92 Å². The molecule has 2 nitrogen and oxygen atoms in total. The zero-order valence-corrected chi connectivity index (χ0v) is 11.8. The molecule has 0 saturated heterocycles. The van der Waals surface area contributed by atoms with E-state index in [2.05, 4.69) is 50.4 Å². The third kappa shape index (κ3) is 3.49. The zero-order valence-electron chi connectivity index (χ0n) is 11.8. The van der Waals surface area contributed by atoms with Crippen LogP contribution in [0.25, 0.3) is 0 Å². The average Bonchev–Trinajstić information content (AvgIpc) is 2.35. The topological polar surface area (TPSA) is 21.3 Å². The Bertz CT molecular complexity index is 354. The lowest BCUT2D eigenvalue weighted by molar-refractivity contribution is 0.226. The van der Waals surface area contributed by atoms with E-state index in [4.69, 9.17) is 4.74 Å². The molecule has 1 saturated carbocycles. The first-order valence-corrected chi connectivity index (χ1v) is 7.17. The van der Waals surface area contributed by atoms with E-state index in [1.54, 1.807) is 0 Å². The van der Waals surface area contributed by atoms with Crippen LogP contribution in [0.5, 0.6) is 5.75 Å². The molecule has 0 amide bonds. The lowest BCUT2D eigenvalue weighted by Gasteiger charge is -2.35. The molecule has 18 heavy (non-hydrogen) atoms. The summed E-state index contributed by atoms with van der Waals surface area (Å²) in [6.07, 6.45) is 3.70. The van der Waals surface area contributed by atoms with E-state index in [-0.39, 0.29) is 0 Å². The largest absolute Gasteiger partial charge is 0.494 e. The number of rotatable bonds is 6. The van der Waals surface area contributed by atoms with Crippen LogP contribution in [0.15, 0.2) is 24.3 Å². The second-order valence-corrected chi connectivity index (χ2v) is 5.58. The molecule has 0 heterocycles. The van der Waals surface area contributed by atoms with Crippen LogP contribution in [0.1, 0.15) is 51.6 Å². The quantitative estimate of drug-likeness (QED) is 0.822. The highest BCUT2D eigenvalue weighted by atomic mass is 16.5. The minimum atomic E-state index is 0.433. The number of benzene rings is 1. The third-order valence-electron chi connectivity index (χ3n) is 3.71. The van der Waals surface area contributed by atoms with Gasteiger partial charge in [-0.25, -0.2) is 0 Å². The molecule has 1 aliphatic carbocycles. The van der Waals surface area contributed by atoms with Crippen molar-refractivity contribution in [2.75, 3.05) is 6.61 Å². The van der Waals surface area contributed by atoms with Crippen molar-refractivity contribution in [1.29, 1.82) is 0 Å². The second kappa shape index (κ2) is 6.24. The van der Waals surface area contributed by atoms with Gasteiger partial charge in [-0.3, -0.25) is 0 Å². The van der Waals surface area contributed by atoms with E-state index >= 15 is 0 Å². The van der Waals surface area contributed by atoms with Gasteiger partial charge in [-0.15, -0.1) is 0 Å². The number of hydrogen-bond acceptors (Lipinski definition) is 2. The van der Waals surface area contributed by atoms with Gasteiger partial charge >= 0.3 is 0 Å². The Morgan fingerprint density at radius 1 is 1.28 bits per heavy atom. The van der Waals surface area contributed by atoms with Crippen LogP contribution >= 0.6 is 0 Å². The molecule has 1 aliphatic rings. The fraction of sp³-hybridized carbons (Fsp3) is 0.625. The van der Waals surface area contributed by atoms with Crippen molar-refractivity contribution in [2.45, 2.75) is 52.1 Å². The summed E-state index contributed by atoms with van der Waals surface area (Å²) in [7, 11) is 0. The molecule has 1 aromatic rings. The highest BCUT2D eigenvalue weighted by Gasteiger charge is 2.26. The molecule has 1 atom stereocenters. The van der Waals surface area contributed by atoms with Crippen molar-refractivity contribution >= 4 is 0 Å². The smallest absolute Gasteiger partial charge is 0.119 e. The molecule has 0 spiro atoms. The van der Waals surface area contributed by atoms with Crippen LogP contribution in [-0.2, 0) is 0 Å². The summed E-state index contributed by atoms with van der Waals surface area (Å²) in [4.78, 5) is 0. The minimum absolute atomic E-state index is 0.433. The summed E-state index contributed by atoms with van der Waals surface area (Å²) in [6, 6.07) is 9.64. The molecule has 0 aliphatic heterocycles. The molecule has 1 unspecified atom stereocenters. The predicted molar refractivity (Wildman–Crippen MR) is 76.0 cm³/mol. The Balaban J connectivity index is 1.84. The average molecular weight is 247 g/mol. The van der Waals surface area contributed by atoms with E-state index in [9.17, 15) is 0 Å². The second-order valence-electron chi connectivity index (χ2n) is 5.58. The molecule has 0 aromatic heterocycles. The van der Waals surface area contributed by atoms with Crippen molar-refractivity contribution in [2.24, 2.45) is 5.92 Å². The highest BCUT2D eigenvalue weighted by molar-refractivity contribution is 5.29. The molecule has 2 heteroatoms. The normalized spacial score (nSPS) is 24.4. The lowest BCUT2D eigenvalue weighted by Crippen LogP contribution is -2.41. The monoisotopic (exact) mass is 247 g/mol. The van der Waals surface area contributed by atoms with E-state index in [0.29, 0.717) is 12.1 Å². The summed E-state index contributed by atoms with van der Waals surface area (Å²) < 4.78 is 5.60. The van der Waals surface area contributed by atoms with Crippen molar-refractivity contribution in [3.05, 3.63) is 29.8 Å². The molecule has 2 rings (SSSR count). The molecule has 1 N–H and O–H groups in total. The summed E-state index contributed by atoms with van der Waals surface area (Å²) in [5.41, 5.74) is 1.35. The fourth-order valence-electron chi connectivity index (χ4n) is 2.56. The maximum atomic E-state index is 5.60. The standard InChI is InChI=1S/C16H25NO/c1-4-9-18-16-7-5-14(6-8-16)13(3)17-15-10-12(2)11-15/h5-8,12-13,15,17H,4,9-11H2,1-3H3. The predicted octanol–water partition coefficient (Wildman–Crippen LogP) is 3.92.